The van der Waals surface area contributed by atoms with Crippen molar-refractivity contribution < 1.29 is 27.4 Å². The highest BCUT2D eigenvalue weighted by Gasteiger charge is 2.34. The molecule has 0 saturated heterocycles. The van der Waals surface area contributed by atoms with Crippen LogP contribution in [0.4, 0.5) is 13.2 Å². The van der Waals surface area contributed by atoms with E-state index in [0.29, 0.717) is 0 Å². The van der Waals surface area contributed by atoms with Gasteiger partial charge in [0.25, 0.3) is 0 Å². The van der Waals surface area contributed by atoms with Crippen LogP contribution in [-0.2, 0) is 21.8 Å². The van der Waals surface area contributed by atoms with Gasteiger partial charge in [0.15, 0.2) is 5.75 Å². The molecule has 1 aromatic heterocycles. The Labute approximate surface area is 110 Å². The molecule has 1 rings (SSSR count). The number of ether oxygens (including phenoxy) is 2. The Hall–Kier alpha value is -1.70. The second-order valence-corrected chi connectivity index (χ2v) is 3.65. The molecule has 0 unspecified atom stereocenters. The number of nitrogens with one attached hydrogen (secondary N) is 1. The molecule has 19 heavy (non-hydrogen) atoms. The van der Waals surface area contributed by atoms with Gasteiger partial charge in [-0.3, -0.25) is 9.59 Å². The fraction of sp³-hybridized carbons (Fsp3) is 0.400. The molecular weight excluding hydrogens is 291 g/mol. The molecule has 0 amide bonds. The zero-order chi connectivity index (χ0) is 14.6. The first-order chi connectivity index (χ1) is 8.78. The van der Waals surface area contributed by atoms with Crippen LogP contribution >= 0.6 is 11.6 Å². The maximum absolute atomic E-state index is 12.2. The third-order valence-corrected chi connectivity index (χ3v) is 2.37. The molecule has 1 heterocycles. The number of esters is 1. The molecule has 0 atom stereocenters. The van der Waals surface area contributed by atoms with Crippen molar-refractivity contribution in [3.8, 4) is 5.75 Å². The van der Waals surface area contributed by atoms with Crippen molar-refractivity contribution >= 4 is 17.6 Å². The molecule has 1 aromatic rings. The third-order valence-electron chi connectivity index (χ3n) is 2.11. The lowest BCUT2D eigenvalue weighted by atomic mass is 10.2. The summed E-state index contributed by atoms with van der Waals surface area (Å²) in [4.78, 5) is 25.2. The minimum atomic E-state index is -5.03. The number of alkyl halides is 4. The van der Waals surface area contributed by atoms with Gasteiger partial charge in [0.1, 0.15) is 0 Å². The lowest BCUT2D eigenvalue weighted by molar-refractivity contribution is -0.275. The molecule has 5 nitrogen and oxygen atoms in total. The summed E-state index contributed by atoms with van der Waals surface area (Å²) in [6.07, 6.45) is -4.40. The predicted octanol–water partition coefficient (Wildman–Crippen LogP) is 1.73. The van der Waals surface area contributed by atoms with Crippen LogP contribution in [0.3, 0.4) is 0 Å². The Balaban J connectivity index is 3.22. The third kappa shape index (κ3) is 4.16. The van der Waals surface area contributed by atoms with E-state index in [1.54, 1.807) is 0 Å². The first-order valence-electron chi connectivity index (χ1n) is 4.90. The second kappa shape index (κ2) is 5.96. The Morgan fingerprint density at radius 1 is 1.47 bits per heavy atom. The van der Waals surface area contributed by atoms with Crippen LogP contribution in [0.5, 0.6) is 5.75 Å². The number of carbonyl (C=O) groups excluding carboxylic acids is 1. The Kier molecular flexibility index (Phi) is 4.82. The zero-order valence-corrected chi connectivity index (χ0v) is 10.4. The van der Waals surface area contributed by atoms with E-state index in [-0.39, 0.29) is 17.1 Å². The predicted molar refractivity (Wildman–Crippen MR) is 59.0 cm³/mol. The SMILES string of the molecule is COC(=O)Cc1c[nH]c(CCl)c(OC(F)(F)F)c1=O. The summed E-state index contributed by atoms with van der Waals surface area (Å²) in [5.41, 5.74) is -1.49. The number of H-pyrrole nitrogens is 1. The minimum Gasteiger partial charge on any atom is -0.469 e. The topological polar surface area (TPSA) is 68.4 Å². The monoisotopic (exact) mass is 299 g/mol. The fourth-order valence-corrected chi connectivity index (χ4v) is 1.47. The molecule has 0 aliphatic heterocycles. The number of halogens is 4. The average molecular weight is 300 g/mol. The van der Waals surface area contributed by atoms with E-state index in [9.17, 15) is 22.8 Å². The number of pyridine rings is 1. The standard InChI is InChI=1S/C10H9ClF3NO4/c1-18-7(16)2-5-4-15-6(3-11)9(8(5)17)19-10(12,13)14/h4H,2-3H2,1H3,(H,15,17). The molecule has 9 heteroatoms. The second-order valence-electron chi connectivity index (χ2n) is 3.39. The number of rotatable bonds is 4. The van der Waals surface area contributed by atoms with E-state index in [2.05, 4.69) is 14.5 Å². The summed E-state index contributed by atoms with van der Waals surface area (Å²) in [5, 5.41) is 0. The smallest absolute Gasteiger partial charge is 0.469 e. The van der Waals surface area contributed by atoms with Crippen molar-refractivity contribution in [3.05, 3.63) is 27.7 Å². The summed E-state index contributed by atoms with van der Waals surface area (Å²) in [5.74, 6) is -2.11. The molecule has 0 radical (unpaired) electrons. The van der Waals surface area contributed by atoms with Crippen molar-refractivity contribution in [1.29, 1.82) is 0 Å². The van der Waals surface area contributed by atoms with E-state index in [1.165, 1.54) is 0 Å². The maximum Gasteiger partial charge on any atom is 0.573 e. The molecule has 0 spiro atoms. The average Bonchev–Trinajstić information content (AvgIpc) is 2.32. The largest absolute Gasteiger partial charge is 0.573 e. The highest BCUT2D eigenvalue weighted by atomic mass is 35.5. The van der Waals surface area contributed by atoms with Gasteiger partial charge in [-0.25, -0.2) is 0 Å². The number of aromatic nitrogens is 1. The van der Waals surface area contributed by atoms with E-state index >= 15 is 0 Å². The summed E-state index contributed by atoms with van der Waals surface area (Å²) in [7, 11) is 1.09. The number of carbonyl (C=O) groups is 1. The number of methoxy groups -OCH3 is 1. The fourth-order valence-electron chi connectivity index (χ4n) is 1.27. The normalized spacial score (nSPS) is 11.2. The molecular formula is C10H9ClF3NO4. The van der Waals surface area contributed by atoms with E-state index in [0.717, 1.165) is 13.3 Å². The molecule has 0 aliphatic rings. The van der Waals surface area contributed by atoms with Crippen LogP contribution in [0.25, 0.3) is 0 Å². The van der Waals surface area contributed by atoms with Crippen LogP contribution in [0, 0.1) is 0 Å². The molecule has 1 N–H and O–H groups in total. The highest BCUT2D eigenvalue weighted by Crippen LogP contribution is 2.23. The number of hydrogen-bond donors (Lipinski definition) is 1. The maximum atomic E-state index is 12.2. The lowest BCUT2D eigenvalue weighted by Crippen LogP contribution is -2.26. The summed E-state index contributed by atoms with van der Waals surface area (Å²) in [6.45, 7) is 0. The van der Waals surface area contributed by atoms with E-state index in [1.807, 2.05) is 0 Å². The summed E-state index contributed by atoms with van der Waals surface area (Å²) >= 11 is 5.41. The van der Waals surface area contributed by atoms with Crippen LogP contribution in [-0.4, -0.2) is 24.4 Å². The zero-order valence-electron chi connectivity index (χ0n) is 9.64. The molecule has 106 valence electrons. The molecule has 0 fully saturated rings. The Bertz CT molecular complexity index is 526. The van der Waals surface area contributed by atoms with Crippen LogP contribution < -0.4 is 10.2 Å². The van der Waals surface area contributed by atoms with Crippen LogP contribution in [0.1, 0.15) is 11.3 Å². The summed E-state index contributed by atoms with van der Waals surface area (Å²) < 4.78 is 44.5. The van der Waals surface area contributed by atoms with Gasteiger partial charge in [-0.1, -0.05) is 0 Å². The molecule has 0 aromatic carbocycles. The van der Waals surface area contributed by atoms with Gasteiger partial charge >= 0.3 is 12.3 Å². The van der Waals surface area contributed by atoms with Crippen LogP contribution in [0.2, 0.25) is 0 Å². The number of aromatic amines is 1. The molecule has 0 saturated carbocycles. The van der Waals surface area contributed by atoms with Crippen molar-refractivity contribution in [2.75, 3.05) is 7.11 Å². The van der Waals surface area contributed by atoms with Gasteiger partial charge in [-0.15, -0.1) is 24.8 Å². The first-order valence-corrected chi connectivity index (χ1v) is 5.44. The van der Waals surface area contributed by atoms with Gasteiger partial charge in [-0.05, 0) is 0 Å². The van der Waals surface area contributed by atoms with Gasteiger partial charge in [0.05, 0.1) is 25.1 Å². The van der Waals surface area contributed by atoms with Gasteiger partial charge in [0, 0.05) is 11.8 Å². The first kappa shape index (κ1) is 15.4. The van der Waals surface area contributed by atoms with Crippen molar-refractivity contribution in [3.63, 3.8) is 0 Å². The van der Waals surface area contributed by atoms with Crippen molar-refractivity contribution in [2.45, 2.75) is 18.7 Å². The molecule has 0 aliphatic carbocycles. The van der Waals surface area contributed by atoms with Crippen molar-refractivity contribution in [2.24, 2.45) is 0 Å². The Morgan fingerprint density at radius 2 is 2.11 bits per heavy atom. The lowest BCUT2D eigenvalue weighted by Gasteiger charge is -2.12. The van der Waals surface area contributed by atoms with Crippen LogP contribution in [0.15, 0.2) is 11.0 Å². The van der Waals surface area contributed by atoms with E-state index in [4.69, 9.17) is 11.6 Å². The van der Waals surface area contributed by atoms with E-state index < -0.39 is 29.9 Å². The number of hydrogen-bond acceptors (Lipinski definition) is 4. The van der Waals surface area contributed by atoms with Gasteiger partial charge in [-0.2, -0.15) is 0 Å². The minimum absolute atomic E-state index is 0.208. The Morgan fingerprint density at radius 3 is 2.58 bits per heavy atom. The highest BCUT2D eigenvalue weighted by molar-refractivity contribution is 6.17. The van der Waals surface area contributed by atoms with Crippen molar-refractivity contribution in [1.82, 2.24) is 4.98 Å². The van der Waals surface area contributed by atoms with Gasteiger partial charge in [0.2, 0.25) is 5.43 Å². The molecule has 0 bridgehead atoms. The summed E-state index contributed by atoms with van der Waals surface area (Å²) in [6, 6.07) is 0. The van der Waals surface area contributed by atoms with Gasteiger partial charge < -0.3 is 14.5 Å². The quantitative estimate of drug-likeness (QED) is 0.679.